The molecule has 0 amide bonds. The van der Waals surface area contributed by atoms with Gasteiger partial charge in [-0.3, -0.25) is 4.79 Å². The number of benzene rings is 1. The molecule has 18 heavy (non-hydrogen) atoms. The largest absolute Gasteiger partial charge is 0.286 e. The van der Waals surface area contributed by atoms with E-state index in [-0.39, 0.29) is 5.92 Å². The summed E-state index contributed by atoms with van der Waals surface area (Å²) in [6.45, 7) is 0. The second kappa shape index (κ2) is 8.59. The van der Waals surface area contributed by atoms with Gasteiger partial charge in [-0.1, -0.05) is 72.5 Å². The Labute approximate surface area is 116 Å². The normalized spacial score (nSPS) is 22.1. The van der Waals surface area contributed by atoms with E-state index < -0.39 is 0 Å². The van der Waals surface area contributed by atoms with Crippen LogP contribution in [0.1, 0.15) is 0 Å². The van der Waals surface area contributed by atoms with Gasteiger partial charge in [-0.2, -0.15) is 0 Å². The molecular formula is C14H12O2S2. The summed E-state index contributed by atoms with van der Waals surface area (Å²) in [6, 6.07) is 12.0. The van der Waals surface area contributed by atoms with Crippen LogP contribution in [0.5, 0.6) is 0 Å². The zero-order valence-electron chi connectivity index (χ0n) is 9.56. The summed E-state index contributed by atoms with van der Waals surface area (Å²) in [5.74, 6) is 0.0833. The van der Waals surface area contributed by atoms with Crippen LogP contribution >= 0.6 is 24.0 Å². The van der Waals surface area contributed by atoms with Crippen LogP contribution in [0.3, 0.4) is 0 Å². The molecule has 1 aromatic carbocycles. The number of thiocarbonyl (C=S) groups is 1. The Bertz CT molecular complexity index is 419. The molecule has 3 aliphatic rings. The maximum absolute atomic E-state index is 10.9. The molecule has 4 heteroatoms. The lowest BCUT2D eigenvalue weighted by atomic mass is 10.0. The molecule has 0 aromatic heterocycles. The van der Waals surface area contributed by atoms with Crippen molar-refractivity contribution in [1.29, 1.82) is 0 Å². The van der Waals surface area contributed by atoms with E-state index in [1.807, 2.05) is 48.6 Å². The van der Waals surface area contributed by atoms with Crippen LogP contribution in [0.4, 0.5) is 0 Å². The summed E-state index contributed by atoms with van der Waals surface area (Å²) in [5, 5.41) is 1.72. The molecular weight excluding hydrogens is 264 g/mol. The average Bonchev–Trinajstić information content (AvgIpc) is 2.43. The molecule has 0 radical (unpaired) electrons. The van der Waals surface area contributed by atoms with Gasteiger partial charge in [-0.05, 0) is 0 Å². The van der Waals surface area contributed by atoms with Gasteiger partial charge in [0.25, 0.3) is 0 Å². The fraction of sp³-hybridized carbons (Fsp3) is 0.143. The Morgan fingerprint density at radius 2 is 1.33 bits per heavy atom. The smallest absolute Gasteiger partial charge is 0.202 e. The zero-order valence-corrected chi connectivity index (χ0v) is 11.2. The van der Waals surface area contributed by atoms with Gasteiger partial charge in [0.15, 0.2) is 5.12 Å². The summed E-state index contributed by atoms with van der Waals surface area (Å²) in [6.07, 6.45) is 8.11. The summed E-state index contributed by atoms with van der Waals surface area (Å²) in [7, 11) is 0. The van der Waals surface area contributed by atoms with E-state index in [9.17, 15) is 4.79 Å². The number of thioether (sulfide) groups is 1. The highest BCUT2D eigenvalue weighted by molar-refractivity contribution is 8.14. The van der Waals surface area contributed by atoms with Gasteiger partial charge in [0.2, 0.25) is 5.23 Å². The van der Waals surface area contributed by atoms with Crippen molar-refractivity contribution in [1.82, 2.24) is 0 Å². The maximum Gasteiger partial charge on any atom is 0.202 e. The van der Waals surface area contributed by atoms with Gasteiger partial charge in [0, 0.05) is 17.5 Å². The number of carbonyl (C=O) groups excluding carboxylic acids is 2. The third-order valence-corrected chi connectivity index (χ3v) is 3.30. The zero-order chi connectivity index (χ0) is 13.2. The minimum atomic E-state index is 0.0833. The molecule has 0 atom stereocenters. The minimum absolute atomic E-state index is 0.0833. The average molecular weight is 276 g/mol. The predicted molar refractivity (Wildman–Crippen MR) is 77.9 cm³/mol. The number of rotatable bonds is 0. The van der Waals surface area contributed by atoms with Crippen LogP contribution in [0.25, 0.3) is 0 Å². The van der Waals surface area contributed by atoms with Gasteiger partial charge in [0.1, 0.15) is 0 Å². The quantitative estimate of drug-likeness (QED) is 0.538. The van der Waals surface area contributed by atoms with E-state index in [2.05, 4.69) is 24.4 Å². The highest BCUT2D eigenvalue weighted by atomic mass is 32.2. The lowest BCUT2D eigenvalue weighted by Gasteiger charge is -2.21. The highest BCUT2D eigenvalue weighted by Gasteiger charge is 2.25. The van der Waals surface area contributed by atoms with Gasteiger partial charge >= 0.3 is 0 Å². The Hall–Kier alpha value is -1.48. The van der Waals surface area contributed by atoms with Crippen LogP contribution in [0, 0.1) is 5.92 Å². The molecule has 2 aliphatic heterocycles. The molecule has 0 saturated heterocycles. The first-order chi connectivity index (χ1) is 8.77. The summed E-state index contributed by atoms with van der Waals surface area (Å²) in [5.41, 5.74) is 0. The topological polar surface area (TPSA) is 34.1 Å². The Kier molecular flexibility index (Phi) is 6.96. The van der Waals surface area contributed by atoms with Crippen molar-refractivity contribution in [3.8, 4) is 0 Å². The highest BCUT2D eigenvalue weighted by Crippen LogP contribution is 2.31. The lowest BCUT2D eigenvalue weighted by molar-refractivity contribution is -0.112. The van der Waals surface area contributed by atoms with E-state index in [1.54, 1.807) is 0 Å². The summed E-state index contributed by atoms with van der Waals surface area (Å²) >= 11 is 5.01. The second-order valence-electron chi connectivity index (χ2n) is 3.44. The first-order valence-electron chi connectivity index (χ1n) is 5.34. The molecule has 4 rings (SSSR count). The molecule has 0 N–H and O–H groups in total. The SMILES string of the molecule is O=C1SC2C=CC1C=C2.O=C=S.c1ccccc1. The number of fused-ring (bicyclic) bond motifs is 1. The number of hydrogen-bond donors (Lipinski definition) is 0. The molecule has 1 aliphatic carbocycles. The fourth-order valence-electron chi connectivity index (χ4n) is 1.42. The maximum atomic E-state index is 10.9. The van der Waals surface area contributed by atoms with Crippen molar-refractivity contribution in [2.75, 3.05) is 0 Å². The molecule has 2 bridgehead atoms. The van der Waals surface area contributed by atoms with Crippen LogP contribution in [0.2, 0.25) is 0 Å². The molecule has 0 unspecified atom stereocenters. The van der Waals surface area contributed by atoms with Crippen molar-refractivity contribution >= 4 is 34.3 Å². The Morgan fingerprint density at radius 3 is 1.50 bits per heavy atom. The number of hydrogen-bond acceptors (Lipinski definition) is 4. The van der Waals surface area contributed by atoms with Crippen molar-refractivity contribution in [2.45, 2.75) is 5.25 Å². The van der Waals surface area contributed by atoms with Gasteiger partial charge in [-0.25, -0.2) is 4.79 Å². The third-order valence-electron chi connectivity index (χ3n) is 2.21. The van der Waals surface area contributed by atoms with Crippen molar-refractivity contribution in [3.63, 3.8) is 0 Å². The second-order valence-corrected chi connectivity index (χ2v) is 4.78. The van der Waals surface area contributed by atoms with E-state index in [0.717, 1.165) is 5.23 Å². The van der Waals surface area contributed by atoms with Crippen molar-refractivity contribution < 1.29 is 9.59 Å². The van der Waals surface area contributed by atoms with E-state index in [1.165, 1.54) is 11.8 Å². The van der Waals surface area contributed by atoms with Crippen molar-refractivity contribution in [2.24, 2.45) is 5.92 Å². The first-order valence-corrected chi connectivity index (χ1v) is 6.63. The molecule has 2 heterocycles. The summed E-state index contributed by atoms with van der Waals surface area (Å²) < 4.78 is 0. The van der Waals surface area contributed by atoms with Crippen LogP contribution in [0.15, 0.2) is 60.7 Å². The molecule has 92 valence electrons. The van der Waals surface area contributed by atoms with Gasteiger partial charge in [-0.15, -0.1) is 0 Å². The molecule has 0 fully saturated rings. The van der Waals surface area contributed by atoms with E-state index >= 15 is 0 Å². The first kappa shape index (κ1) is 14.6. The molecule has 1 aromatic rings. The number of allylic oxidation sites excluding steroid dienone is 2. The Balaban J connectivity index is 0.000000157. The van der Waals surface area contributed by atoms with Crippen LogP contribution in [-0.2, 0) is 9.59 Å². The molecule has 0 spiro atoms. The van der Waals surface area contributed by atoms with Crippen molar-refractivity contribution in [3.05, 3.63) is 60.7 Å². The Morgan fingerprint density at radius 1 is 0.944 bits per heavy atom. The van der Waals surface area contributed by atoms with Crippen LogP contribution < -0.4 is 0 Å². The number of carbonyl (C=O) groups is 1. The fourth-order valence-corrected chi connectivity index (χ4v) is 2.34. The van der Waals surface area contributed by atoms with Gasteiger partial charge in [0.05, 0.1) is 5.92 Å². The monoisotopic (exact) mass is 276 g/mol. The van der Waals surface area contributed by atoms with E-state index in [4.69, 9.17) is 4.79 Å². The van der Waals surface area contributed by atoms with Gasteiger partial charge < -0.3 is 0 Å². The standard InChI is InChI=1S/C7H6OS.C6H6.COS/c8-7-5-1-3-6(9-7)4-2-5;1-2-4-6-5-3-1;2-1-3/h1-6H;1-6H;. The predicted octanol–water partition coefficient (Wildman–Crippen LogP) is 3.31. The van der Waals surface area contributed by atoms with Crippen LogP contribution in [-0.4, -0.2) is 15.6 Å². The summed E-state index contributed by atoms with van der Waals surface area (Å²) in [4.78, 5) is 19.4. The lowest BCUT2D eigenvalue weighted by Crippen LogP contribution is -2.19. The molecule has 0 saturated carbocycles. The van der Waals surface area contributed by atoms with E-state index in [0.29, 0.717) is 10.4 Å². The third kappa shape index (κ3) is 5.23. The minimum Gasteiger partial charge on any atom is -0.286 e. The molecule has 2 nitrogen and oxygen atoms in total.